The van der Waals surface area contributed by atoms with Gasteiger partial charge in [0.25, 0.3) is 0 Å². The van der Waals surface area contributed by atoms with Crippen molar-refractivity contribution in [1.29, 1.82) is 0 Å². The number of aliphatic hydroxyl groups excluding tert-OH is 1. The van der Waals surface area contributed by atoms with Crippen LogP contribution in [0.3, 0.4) is 0 Å². The average molecular weight is 199 g/mol. The number of hydrogen-bond donors (Lipinski definition) is 2. The summed E-state index contributed by atoms with van der Waals surface area (Å²) < 4.78 is 0. The summed E-state index contributed by atoms with van der Waals surface area (Å²) in [7, 11) is 0. The van der Waals surface area contributed by atoms with E-state index in [2.05, 4.69) is 0 Å². The molecule has 0 unspecified atom stereocenters. The molecule has 0 radical (unpaired) electrons. The van der Waals surface area contributed by atoms with Crippen LogP contribution in [-0.2, 0) is 0 Å². The first-order chi connectivity index (χ1) is 6.32. The number of carboxylic acid groups (broad SMARTS) is 1. The lowest BCUT2D eigenvalue weighted by atomic mass is 10.0. The lowest BCUT2D eigenvalue weighted by Gasteiger charge is -2.37. The van der Waals surface area contributed by atoms with Gasteiger partial charge in [-0.1, -0.05) is 12.2 Å². The summed E-state index contributed by atoms with van der Waals surface area (Å²) in [5.74, 6) is 0. The Kier molecular flexibility index (Phi) is 2.85. The van der Waals surface area contributed by atoms with Crippen molar-refractivity contribution >= 4 is 6.09 Å². The molecule has 2 N–H and O–H groups in total. The molecule has 4 nitrogen and oxygen atoms in total. The molecule has 0 fully saturated rings. The zero-order chi connectivity index (χ0) is 10.9. The lowest BCUT2D eigenvalue weighted by molar-refractivity contribution is 0.0740. The van der Waals surface area contributed by atoms with Crippen LogP contribution in [0.5, 0.6) is 0 Å². The maximum absolute atomic E-state index is 11.1. The first-order valence-electron chi connectivity index (χ1n) is 4.71. The van der Waals surface area contributed by atoms with Crippen LogP contribution in [0.1, 0.15) is 27.2 Å². The van der Waals surface area contributed by atoms with Crippen LogP contribution >= 0.6 is 0 Å². The molecule has 0 bridgehead atoms. The Bertz CT molecular complexity index is 255. The van der Waals surface area contributed by atoms with Gasteiger partial charge in [0.15, 0.2) is 0 Å². The van der Waals surface area contributed by atoms with Gasteiger partial charge in [-0.05, 0) is 20.8 Å². The molecule has 1 rings (SSSR count). The molecular formula is C10H17NO3. The maximum atomic E-state index is 11.1. The number of aliphatic hydroxyl groups is 1. The smallest absolute Gasteiger partial charge is 0.408 e. The van der Waals surface area contributed by atoms with Crippen molar-refractivity contribution in [2.45, 2.75) is 44.9 Å². The van der Waals surface area contributed by atoms with Crippen LogP contribution in [0.15, 0.2) is 12.2 Å². The van der Waals surface area contributed by atoms with Gasteiger partial charge in [0.2, 0.25) is 0 Å². The van der Waals surface area contributed by atoms with Gasteiger partial charge in [-0.3, -0.25) is 4.90 Å². The summed E-state index contributed by atoms with van der Waals surface area (Å²) in [6.45, 7) is 5.54. The first kappa shape index (κ1) is 11.0. The van der Waals surface area contributed by atoms with Gasteiger partial charge in [0.05, 0.1) is 12.1 Å². The summed E-state index contributed by atoms with van der Waals surface area (Å²) in [4.78, 5) is 12.4. The standard InChI is InChI=1S/C10H17NO3/c1-10(2,3)11(9(13)14)7-4-5-8(12)6-7/h4-5,7-8,12H,6H2,1-3H3,(H,13,14)/t7-,8-/m1/s1. The molecule has 2 atom stereocenters. The highest BCUT2D eigenvalue weighted by atomic mass is 16.4. The van der Waals surface area contributed by atoms with E-state index in [9.17, 15) is 9.90 Å². The van der Waals surface area contributed by atoms with E-state index < -0.39 is 17.7 Å². The Morgan fingerprint density at radius 3 is 2.29 bits per heavy atom. The largest absolute Gasteiger partial charge is 0.465 e. The average Bonchev–Trinajstić information content (AvgIpc) is 2.31. The highest BCUT2D eigenvalue weighted by molar-refractivity contribution is 5.67. The van der Waals surface area contributed by atoms with E-state index >= 15 is 0 Å². The minimum absolute atomic E-state index is 0.206. The third kappa shape index (κ3) is 2.26. The summed E-state index contributed by atoms with van der Waals surface area (Å²) >= 11 is 0. The Labute approximate surface area is 83.8 Å². The molecule has 80 valence electrons. The normalized spacial score (nSPS) is 26.6. The topological polar surface area (TPSA) is 60.8 Å². The summed E-state index contributed by atoms with van der Waals surface area (Å²) in [5.41, 5.74) is -0.440. The van der Waals surface area contributed by atoms with E-state index in [1.807, 2.05) is 20.8 Å². The van der Waals surface area contributed by atoms with Gasteiger partial charge in [0.1, 0.15) is 0 Å². The van der Waals surface area contributed by atoms with Crippen molar-refractivity contribution in [3.63, 3.8) is 0 Å². The van der Waals surface area contributed by atoms with E-state index in [1.165, 1.54) is 4.90 Å². The third-order valence-electron chi connectivity index (χ3n) is 2.30. The number of amides is 1. The first-order valence-corrected chi connectivity index (χ1v) is 4.71. The fourth-order valence-electron chi connectivity index (χ4n) is 1.78. The van der Waals surface area contributed by atoms with Crippen molar-refractivity contribution in [2.24, 2.45) is 0 Å². The second-order valence-corrected chi connectivity index (χ2v) is 4.58. The van der Waals surface area contributed by atoms with Crippen LogP contribution in [0.4, 0.5) is 4.79 Å². The molecular weight excluding hydrogens is 182 g/mol. The summed E-state index contributed by atoms with van der Waals surface area (Å²) in [6.07, 6.45) is 2.41. The number of hydrogen-bond acceptors (Lipinski definition) is 2. The second-order valence-electron chi connectivity index (χ2n) is 4.58. The highest BCUT2D eigenvalue weighted by Crippen LogP contribution is 2.24. The zero-order valence-electron chi connectivity index (χ0n) is 8.77. The second kappa shape index (κ2) is 3.61. The number of rotatable bonds is 1. The van der Waals surface area contributed by atoms with Gasteiger partial charge in [-0.25, -0.2) is 4.79 Å². The quantitative estimate of drug-likeness (QED) is 0.628. The van der Waals surface area contributed by atoms with E-state index in [-0.39, 0.29) is 6.04 Å². The van der Waals surface area contributed by atoms with Crippen molar-refractivity contribution in [2.75, 3.05) is 0 Å². The van der Waals surface area contributed by atoms with Crippen molar-refractivity contribution < 1.29 is 15.0 Å². The number of carbonyl (C=O) groups is 1. The lowest BCUT2D eigenvalue weighted by Crippen LogP contribution is -2.50. The van der Waals surface area contributed by atoms with E-state index in [4.69, 9.17) is 5.11 Å². The molecule has 0 saturated heterocycles. The fourth-order valence-corrected chi connectivity index (χ4v) is 1.78. The molecule has 1 aliphatic rings. The predicted molar refractivity (Wildman–Crippen MR) is 53.2 cm³/mol. The van der Waals surface area contributed by atoms with Crippen LogP contribution in [0, 0.1) is 0 Å². The highest BCUT2D eigenvalue weighted by Gasteiger charge is 2.34. The third-order valence-corrected chi connectivity index (χ3v) is 2.30. The van der Waals surface area contributed by atoms with Gasteiger partial charge in [-0.15, -0.1) is 0 Å². The van der Waals surface area contributed by atoms with Crippen LogP contribution in [-0.4, -0.2) is 38.9 Å². The van der Waals surface area contributed by atoms with Crippen LogP contribution in [0.25, 0.3) is 0 Å². The fraction of sp³-hybridized carbons (Fsp3) is 0.700. The van der Waals surface area contributed by atoms with E-state index in [1.54, 1.807) is 12.2 Å². The summed E-state index contributed by atoms with van der Waals surface area (Å²) in [5, 5.41) is 18.4. The molecule has 0 aliphatic heterocycles. The number of nitrogens with zero attached hydrogens (tertiary/aromatic N) is 1. The molecule has 1 aliphatic carbocycles. The SMILES string of the molecule is CC(C)(C)N(C(=O)O)[C@@H]1C=C[C@@H](O)C1. The molecule has 14 heavy (non-hydrogen) atoms. The minimum atomic E-state index is -0.943. The maximum Gasteiger partial charge on any atom is 0.408 e. The molecule has 0 aromatic carbocycles. The van der Waals surface area contributed by atoms with Crippen LogP contribution in [0.2, 0.25) is 0 Å². The van der Waals surface area contributed by atoms with Gasteiger partial charge >= 0.3 is 6.09 Å². The summed E-state index contributed by atoms with van der Waals surface area (Å²) in [6, 6.07) is -0.206. The van der Waals surface area contributed by atoms with Crippen LogP contribution < -0.4 is 0 Å². The zero-order valence-corrected chi connectivity index (χ0v) is 8.77. The van der Waals surface area contributed by atoms with E-state index in [0.29, 0.717) is 6.42 Å². The molecule has 0 aromatic rings. The molecule has 0 heterocycles. The van der Waals surface area contributed by atoms with Crippen molar-refractivity contribution in [3.8, 4) is 0 Å². The van der Waals surface area contributed by atoms with E-state index in [0.717, 1.165) is 0 Å². The molecule has 4 heteroatoms. The van der Waals surface area contributed by atoms with Gasteiger partial charge in [-0.2, -0.15) is 0 Å². The minimum Gasteiger partial charge on any atom is -0.465 e. The van der Waals surface area contributed by atoms with Gasteiger partial charge < -0.3 is 10.2 Å². The Hall–Kier alpha value is -1.03. The van der Waals surface area contributed by atoms with Gasteiger partial charge in [0, 0.05) is 12.0 Å². The predicted octanol–water partition coefficient (Wildman–Crippen LogP) is 1.45. The molecule has 1 amide bonds. The van der Waals surface area contributed by atoms with Crippen molar-refractivity contribution in [1.82, 2.24) is 4.90 Å². The molecule has 0 aromatic heterocycles. The molecule has 0 saturated carbocycles. The monoisotopic (exact) mass is 199 g/mol. The Morgan fingerprint density at radius 1 is 1.43 bits per heavy atom. The van der Waals surface area contributed by atoms with Crippen molar-refractivity contribution in [3.05, 3.63) is 12.2 Å². The Morgan fingerprint density at radius 2 is 2.00 bits per heavy atom. The Balaban J connectivity index is 2.80. The molecule has 0 spiro atoms.